The summed E-state index contributed by atoms with van der Waals surface area (Å²) in [6.45, 7) is 5.89. The highest BCUT2D eigenvalue weighted by Crippen LogP contribution is 2.23. The van der Waals surface area contributed by atoms with Crippen LogP contribution in [0.15, 0.2) is 18.2 Å². The second kappa shape index (κ2) is 4.52. The SMILES string of the molecule is CCN(CC)c1ccc(C#N)c(O)c1. The van der Waals surface area contributed by atoms with Crippen molar-refractivity contribution in [3.63, 3.8) is 0 Å². The Morgan fingerprint density at radius 3 is 2.43 bits per heavy atom. The maximum Gasteiger partial charge on any atom is 0.135 e. The van der Waals surface area contributed by atoms with Gasteiger partial charge in [-0.1, -0.05) is 0 Å². The Morgan fingerprint density at radius 2 is 2.00 bits per heavy atom. The van der Waals surface area contributed by atoms with Crippen LogP contribution in [0.25, 0.3) is 0 Å². The lowest BCUT2D eigenvalue weighted by Gasteiger charge is -2.21. The lowest BCUT2D eigenvalue weighted by atomic mass is 10.2. The predicted octanol–water partition coefficient (Wildman–Crippen LogP) is 2.11. The number of benzene rings is 1. The smallest absolute Gasteiger partial charge is 0.135 e. The van der Waals surface area contributed by atoms with Crippen LogP contribution in [-0.2, 0) is 0 Å². The quantitative estimate of drug-likeness (QED) is 0.794. The van der Waals surface area contributed by atoms with Gasteiger partial charge in [0.15, 0.2) is 0 Å². The van der Waals surface area contributed by atoms with E-state index in [-0.39, 0.29) is 5.75 Å². The highest BCUT2D eigenvalue weighted by atomic mass is 16.3. The Bertz CT molecular complexity index is 351. The lowest BCUT2D eigenvalue weighted by molar-refractivity contribution is 0.473. The second-order valence-electron chi connectivity index (χ2n) is 2.99. The number of phenolic OH excluding ortho intramolecular Hbond substituents is 1. The maximum atomic E-state index is 9.48. The molecule has 0 amide bonds. The average molecular weight is 190 g/mol. The number of nitriles is 1. The van der Waals surface area contributed by atoms with Gasteiger partial charge in [0.2, 0.25) is 0 Å². The molecule has 0 aliphatic rings. The summed E-state index contributed by atoms with van der Waals surface area (Å²) in [7, 11) is 0. The highest BCUT2D eigenvalue weighted by molar-refractivity contribution is 5.56. The van der Waals surface area contributed by atoms with Crippen LogP contribution in [0.4, 0.5) is 5.69 Å². The first kappa shape index (κ1) is 10.4. The van der Waals surface area contributed by atoms with E-state index in [1.807, 2.05) is 12.1 Å². The molecule has 14 heavy (non-hydrogen) atoms. The molecule has 1 aromatic rings. The molecule has 0 aromatic heterocycles. The maximum absolute atomic E-state index is 9.48. The summed E-state index contributed by atoms with van der Waals surface area (Å²) in [5, 5.41) is 18.1. The molecule has 0 saturated heterocycles. The van der Waals surface area contributed by atoms with Crippen molar-refractivity contribution in [1.29, 1.82) is 5.26 Å². The van der Waals surface area contributed by atoms with Gasteiger partial charge in [-0.3, -0.25) is 0 Å². The van der Waals surface area contributed by atoms with Gasteiger partial charge in [0.25, 0.3) is 0 Å². The molecular formula is C11H14N2O. The Labute approximate surface area is 84.2 Å². The largest absolute Gasteiger partial charge is 0.506 e. The number of hydrogen-bond acceptors (Lipinski definition) is 3. The third-order valence-electron chi connectivity index (χ3n) is 2.23. The summed E-state index contributed by atoms with van der Waals surface area (Å²) in [4.78, 5) is 2.11. The molecule has 0 bridgehead atoms. The van der Waals surface area contributed by atoms with Crippen LogP contribution in [0.1, 0.15) is 19.4 Å². The van der Waals surface area contributed by atoms with Crippen LogP contribution in [0.5, 0.6) is 5.75 Å². The molecule has 0 unspecified atom stereocenters. The number of rotatable bonds is 3. The zero-order chi connectivity index (χ0) is 10.6. The van der Waals surface area contributed by atoms with Crippen molar-refractivity contribution in [1.82, 2.24) is 0 Å². The molecule has 1 N–H and O–H groups in total. The summed E-state index contributed by atoms with van der Waals surface area (Å²) >= 11 is 0. The highest BCUT2D eigenvalue weighted by Gasteiger charge is 2.05. The third-order valence-corrected chi connectivity index (χ3v) is 2.23. The Kier molecular flexibility index (Phi) is 3.35. The van der Waals surface area contributed by atoms with Gasteiger partial charge in [0, 0.05) is 24.8 Å². The summed E-state index contributed by atoms with van der Waals surface area (Å²) in [6.07, 6.45) is 0. The molecule has 1 aromatic carbocycles. The Morgan fingerprint density at radius 1 is 1.36 bits per heavy atom. The molecule has 1 rings (SSSR count). The summed E-state index contributed by atoms with van der Waals surface area (Å²) in [5.41, 5.74) is 1.27. The van der Waals surface area contributed by atoms with Crippen LogP contribution in [0.3, 0.4) is 0 Å². The van der Waals surface area contributed by atoms with Gasteiger partial charge < -0.3 is 10.0 Å². The van der Waals surface area contributed by atoms with Crippen molar-refractivity contribution in [2.24, 2.45) is 0 Å². The number of aromatic hydroxyl groups is 1. The van der Waals surface area contributed by atoms with E-state index >= 15 is 0 Å². The van der Waals surface area contributed by atoms with Crippen molar-refractivity contribution in [3.05, 3.63) is 23.8 Å². The predicted molar refractivity (Wildman–Crippen MR) is 56.4 cm³/mol. The first-order valence-corrected chi connectivity index (χ1v) is 4.71. The molecule has 0 aliphatic carbocycles. The summed E-state index contributed by atoms with van der Waals surface area (Å²) < 4.78 is 0. The van der Waals surface area contributed by atoms with Gasteiger partial charge in [-0.05, 0) is 26.0 Å². The van der Waals surface area contributed by atoms with Crippen molar-refractivity contribution in [2.75, 3.05) is 18.0 Å². The van der Waals surface area contributed by atoms with Crippen LogP contribution < -0.4 is 4.90 Å². The zero-order valence-electron chi connectivity index (χ0n) is 8.49. The fourth-order valence-corrected chi connectivity index (χ4v) is 1.40. The molecule has 0 aliphatic heterocycles. The van der Waals surface area contributed by atoms with Crippen molar-refractivity contribution >= 4 is 5.69 Å². The number of phenols is 1. The fourth-order valence-electron chi connectivity index (χ4n) is 1.40. The summed E-state index contributed by atoms with van der Waals surface area (Å²) in [6, 6.07) is 7.05. The molecule has 0 fully saturated rings. The normalized spacial score (nSPS) is 9.50. The van der Waals surface area contributed by atoms with Crippen molar-refractivity contribution < 1.29 is 5.11 Å². The minimum Gasteiger partial charge on any atom is -0.506 e. The zero-order valence-corrected chi connectivity index (χ0v) is 8.49. The fraction of sp³-hybridized carbons (Fsp3) is 0.364. The van der Waals surface area contributed by atoms with Gasteiger partial charge in [-0.25, -0.2) is 0 Å². The number of anilines is 1. The lowest BCUT2D eigenvalue weighted by Crippen LogP contribution is -2.21. The monoisotopic (exact) mass is 190 g/mol. The average Bonchev–Trinajstić information content (AvgIpc) is 2.20. The molecule has 74 valence electrons. The van der Waals surface area contributed by atoms with Gasteiger partial charge >= 0.3 is 0 Å². The Balaban J connectivity index is 3.02. The van der Waals surface area contributed by atoms with Gasteiger partial charge in [0.1, 0.15) is 11.8 Å². The van der Waals surface area contributed by atoms with Gasteiger partial charge in [0.05, 0.1) is 5.56 Å². The molecule has 0 saturated carbocycles. The number of hydrogen-bond donors (Lipinski definition) is 1. The minimum absolute atomic E-state index is 0.0527. The van der Waals surface area contributed by atoms with E-state index < -0.39 is 0 Å². The summed E-state index contributed by atoms with van der Waals surface area (Å²) in [5.74, 6) is 0.0527. The number of nitrogens with zero attached hydrogens (tertiary/aromatic N) is 2. The van der Waals surface area contributed by atoms with E-state index in [0.29, 0.717) is 5.56 Å². The van der Waals surface area contributed by atoms with Crippen molar-refractivity contribution in [3.8, 4) is 11.8 Å². The van der Waals surface area contributed by atoms with E-state index in [1.54, 1.807) is 12.1 Å². The van der Waals surface area contributed by atoms with E-state index in [9.17, 15) is 5.11 Å². The first-order valence-electron chi connectivity index (χ1n) is 4.71. The van der Waals surface area contributed by atoms with Crippen LogP contribution in [-0.4, -0.2) is 18.2 Å². The molecule has 0 spiro atoms. The van der Waals surface area contributed by atoms with E-state index in [0.717, 1.165) is 18.8 Å². The molecular weight excluding hydrogens is 176 g/mol. The van der Waals surface area contributed by atoms with Crippen LogP contribution >= 0.6 is 0 Å². The molecule has 0 atom stereocenters. The van der Waals surface area contributed by atoms with E-state index in [2.05, 4.69) is 18.7 Å². The van der Waals surface area contributed by atoms with Gasteiger partial charge in [-0.2, -0.15) is 5.26 Å². The third kappa shape index (κ3) is 1.97. The molecule has 0 radical (unpaired) electrons. The standard InChI is InChI=1S/C11H14N2O/c1-3-13(4-2)10-6-5-9(8-12)11(14)7-10/h5-7,14H,3-4H2,1-2H3. The van der Waals surface area contributed by atoms with Gasteiger partial charge in [-0.15, -0.1) is 0 Å². The topological polar surface area (TPSA) is 47.3 Å². The van der Waals surface area contributed by atoms with Crippen LogP contribution in [0, 0.1) is 11.3 Å². The van der Waals surface area contributed by atoms with E-state index in [4.69, 9.17) is 5.26 Å². The Hall–Kier alpha value is -1.69. The first-order chi connectivity index (χ1) is 6.72. The molecule has 3 nitrogen and oxygen atoms in total. The van der Waals surface area contributed by atoms with Crippen LogP contribution in [0.2, 0.25) is 0 Å². The molecule has 0 heterocycles. The molecule has 3 heteroatoms. The minimum atomic E-state index is 0.0527. The second-order valence-corrected chi connectivity index (χ2v) is 2.99. The van der Waals surface area contributed by atoms with Crippen molar-refractivity contribution in [2.45, 2.75) is 13.8 Å². The van der Waals surface area contributed by atoms with E-state index in [1.165, 1.54) is 0 Å².